The molecule has 0 saturated carbocycles. The first-order valence-electron chi connectivity index (χ1n) is 5.23. The average Bonchev–Trinajstić information content (AvgIpc) is 2.83. The molecule has 0 aliphatic rings. The minimum absolute atomic E-state index is 0.0279. The molecule has 0 aliphatic carbocycles. The molecule has 7 nitrogen and oxygen atoms in total. The Bertz CT molecular complexity index is 465. The minimum atomic E-state index is -0.655. The van der Waals surface area contributed by atoms with Gasteiger partial charge in [-0.05, 0) is 6.54 Å². The molecule has 0 aliphatic heterocycles. The second-order valence-electron chi connectivity index (χ2n) is 3.36. The van der Waals surface area contributed by atoms with Gasteiger partial charge in [-0.15, -0.1) is 0 Å². The van der Waals surface area contributed by atoms with Crippen molar-refractivity contribution in [3.63, 3.8) is 0 Å². The zero-order chi connectivity index (χ0) is 13.5. The lowest BCUT2D eigenvalue weighted by molar-refractivity contribution is -0.137. The Morgan fingerprint density at radius 1 is 1.44 bits per heavy atom. The van der Waals surface area contributed by atoms with E-state index in [0.29, 0.717) is 13.0 Å². The molecular formula is C11H15N3O4. The number of hydrogen-bond acceptors (Lipinski definition) is 6. The van der Waals surface area contributed by atoms with Gasteiger partial charge in [-0.1, -0.05) is 0 Å². The predicted octanol–water partition coefficient (Wildman–Crippen LogP) is -0.429. The molecule has 1 aromatic heterocycles. The molecule has 0 unspecified atom stereocenters. The van der Waals surface area contributed by atoms with Crippen LogP contribution in [0.25, 0.3) is 5.70 Å². The highest BCUT2D eigenvalue weighted by Gasteiger charge is 2.15. The summed E-state index contributed by atoms with van der Waals surface area (Å²) in [7, 11) is 2.45. The van der Waals surface area contributed by atoms with Crippen LogP contribution in [0.4, 0.5) is 0 Å². The molecule has 98 valence electrons. The van der Waals surface area contributed by atoms with E-state index in [-0.39, 0.29) is 5.70 Å². The van der Waals surface area contributed by atoms with Crippen LogP contribution in [-0.4, -0.2) is 42.3 Å². The maximum atomic E-state index is 11.6. The van der Waals surface area contributed by atoms with E-state index in [1.807, 2.05) is 0 Å². The summed E-state index contributed by atoms with van der Waals surface area (Å²) < 4.78 is 10.5. The van der Waals surface area contributed by atoms with Gasteiger partial charge in [-0.3, -0.25) is 4.57 Å². The van der Waals surface area contributed by atoms with Crippen LogP contribution >= 0.6 is 0 Å². The molecule has 0 amide bonds. The lowest BCUT2D eigenvalue weighted by atomic mass is 10.3. The molecular weight excluding hydrogens is 238 g/mol. The Morgan fingerprint density at radius 2 is 2.17 bits per heavy atom. The third kappa shape index (κ3) is 3.42. The van der Waals surface area contributed by atoms with Crippen molar-refractivity contribution < 1.29 is 19.1 Å². The Kier molecular flexibility index (Phi) is 5.06. The van der Waals surface area contributed by atoms with Crippen LogP contribution in [0.1, 0.15) is 5.69 Å². The minimum Gasteiger partial charge on any atom is -0.466 e. The van der Waals surface area contributed by atoms with Gasteiger partial charge in [0.25, 0.3) is 0 Å². The van der Waals surface area contributed by atoms with Crippen molar-refractivity contribution >= 4 is 17.6 Å². The Labute approximate surface area is 104 Å². The third-order valence-electron chi connectivity index (χ3n) is 2.17. The van der Waals surface area contributed by atoms with Gasteiger partial charge in [0.1, 0.15) is 5.70 Å². The van der Waals surface area contributed by atoms with E-state index in [9.17, 15) is 9.59 Å². The first-order valence-corrected chi connectivity index (χ1v) is 5.23. The lowest BCUT2D eigenvalue weighted by Gasteiger charge is -2.05. The van der Waals surface area contributed by atoms with Crippen LogP contribution in [0.2, 0.25) is 0 Å². The predicted molar refractivity (Wildman–Crippen MR) is 63.3 cm³/mol. The summed E-state index contributed by atoms with van der Waals surface area (Å²) in [4.78, 5) is 26.8. The molecule has 0 spiro atoms. The normalized spacial score (nSPS) is 11.2. The fraction of sp³-hybridized carbons (Fsp3) is 0.364. The number of rotatable bonds is 5. The van der Waals surface area contributed by atoms with Gasteiger partial charge >= 0.3 is 11.9 Å². The van der Waals surface area contributed by atoms with Crippen LogP contribution in [0.15, 0.2) is 18.6 Å². The van der Waals surface area contributed by atoms with Crippen molar-refractivity contribution in [3.05, 3.63) is 24.3 Å². The van der Waals surface area contributed by atoms with Gasteiger partial charge in [0.15, 0.2) is 0 Å². The number of carbonyl (C=O) groups is 2. The second kappa shape index (κ2) is 6.55. The van der Waals surface area contributed by atoms with Crippen LogP contribution in [0.5, 0.6) is 0 Å². The largest absolute Gasteiger partial charge is 0.466 e. The summed E-state index contributed by atoms with van der Waals surface area (Å²) in [5.74, 6) is -1.30. The average molecular weight is 253 g/mol. The fourth-order valence-electron chi connectivity index (χ4n) is 1.29. The van der Waals surface area contributed by atoms with Crippen LogP contribution in [-0.2, 0) is 25.5 Å². The van der Waals surface area contributed by atoms with Crippen LogP contribution in [0.3, 0.4) is 0 Å². The van der Waals surface area contributed by atoms with Crippen molar-refractivity contribution in [2.75, 3.05) is 20.8 Å². The molecule has 0 bridgehead atoms. The number of ether oxygens (including phenoxy) is 2. The summed E-state index contributed by atoms with van der Waals surface area (Å²) in [6.07, 6.45) is 4.65. The first-order chi connectivity index (χ1) is 8.62. The molecule has 0 radical (unpaired) electrons. The molecule has 0 atom stereocenters. The van der Waals surface area contributed by atoms with Gasteiger partial charge < -0.3 is 15.2 Å². The van der Waals surface area contributed by atoms with E-state index in [1.165, 1.54) is 25.1 Å². The third-order valence-corrected chi connectivity index (χ3v) is 2.17. The maximum absolute atomic E-state index is 11.6. The summed E-state index contributed by atoms with van der Waals surface area (Å²) in [5, 5.41) is 0. The molecule has 1 rings (SSSR count). The highest BCUT2D eigenvalue weighted by atomic mass is 16.5. The van der Waals surface area contributed by atoms with E-state index in [4.69, 9.17) is 5.73 Å². The van der Waals surface area contributed by atoms with Gasteiger partial charge in [0.05, 0.1) is 32.3 Å². The number of methoxy groups -OCH3 is 2. The number of aromatic nitrogens is 2. The number of hydrogen-bond donors (Lipinski definition) is 1. The summed E-state index contributed by atoms with van der Waals surface area (Å²) in [6, 6.07) is 0. The molecule has 0 aromatic carbocycles. The van der Waals surface area contributed by atoms with E-state index in [2.05, 4.69) is 14.5 Å². The highest BCUT2D eigenvalue weighted by Crippen LogP contribution is 2.09. The molecule has 0 fully saturated rings. The number of nitrogens with two attached hydrogens (primary N) is 1. The smallest absolute Gasteiger partial charge is 0.355 e. The number of carbonyl (C=O) groups excluding carboxylic acids is 2. The van der Waals surface area contributed by atoms with Crippen molar-refractivity contribution in [1.82, 2.24) is 9.55 Å². The van der Waals surface area contributed by atoms with Gasteiger partial charge in [0, 0.05) is 12.6 Å². The lowest BCUT2D eigenvalue weighted by Crippen LogP contribution is -2.12. The summed E-state index contributed by atoms with van der Waals surface area (Å²) in [5.41, 5.74) is 6.15. The second-order valence-corrected chi connectivity index (χ2v) is 3.36. The van der Waals surface area contributed by atoms with E-state index in [1.54, 1.807) is 6.20 Å². The van der Waals surface area contributed by atoms with Crippen molar-refractivity contribution in [3.8, 4) is 0 Å². The molecule has 18 heavy (non-hydrogen) atoms. The van der Waals surface area contributed by atoms with E-state index in [0.717, 1.165) is 11.8 Å². The van der Waals surface area contributed by atoms with Crippen LogP contribution < -0.4 is 5.73 Å². The summed E-state index contributed by atoms with van der Waals surface area (Å²) >= 11 is 0. The number of nitrogens with zero attached hydrogens (tertiary/aromatic N) is 2. The maximum Gasteiger partial charge on any atom is 0.355 e. The van der Waals surface area contributed by atoms with Crippen molar-refractivity contribution in [2.45, 2.75) is 6.42 Å². The topological polar surface area (TPSA) is 96.4 Å². The number of imidazole rings is 1. The summed E-state index contributed by atoms with van der Waals surface area (Å²) in [6.45, 7) is 0.450. The molecule has 0 saturated heterocycles. The Balaban J connectivity index is 3.05. The zero-order valence-corrected chi connectivity index (χ0v) is 10.3. The molecule has 7 heteroatoms. The van der Waals surface area contributed by atoms with Crippen molar-refractivity contribution in [2.24, 2.45) is 5.73 Å². The van der Waals surface area contributed by atoms with E-state index >= 15 is 0 Å². The zero-order valence-electron chi connectivity index (χ0n) is 10.3. The Morgan fingerprint density at radius 3 is 2.72 bits per heavy atom. The van der Waals surface area contributed by atoms with Crippen LogP contribution in [0, 0.1) is 0 Å². The van der Waals surface area contributed by atoms with E-state index < -0.39 is 11.9 Å². The quantitative estimate of drug-likeness (QED) is 0.565. The molecule has 1 aromatic rings. The van der Waals surface area contributed by atoms with Gasteiger partial charge in [-0.2, -0.15) is 0 Å². The monoisotopic (exact) mass is 253 g/mol. The highest BCUT2D eigenvalue weighted by molar-refractivity contribution is 6.14. The van der Waals surface area contributed by atoms with Gasteiger partial charge in [-0.25, -0.2) is 14.6 Å². The van der Waals surface area contributed by atoms with Crippen molar-refractivity contribution in [1.29, 1.82) is 0 Å². The number of esters is 2. The fourth-order valence-corrected chi connectivity index (χ4v) is 1.29. The first kappa shape index (κ1) is 13.9. The standard InChI is InChI=1S/C11H15N3O4/c1-17-10(15)5-9(11(16)18-2)14-6-8(3-4-12)13-7-14/h5-7H,3-4,12H2,1-2H3/b9-5-. The Hall–Kier alpha value is -2.15. The molecule has 2 N–H and O–H groups in total. The van der Waals surface area contributed by atoms with Gasteiger partial charge in [0.2, 0.25) is 0 Å². The SMILES string of the molecule is COC(=O)/C=C(/C(=O)OC)n1cnc(CCN)c1. The molecule has 1 heterocycles.